The van der Waals surface area contributed by atoms with E-state index in [2.05, 4.69) is 0 Å². The zero-order chi connectivity index (χ0) is 18.2. The van der Waals surface area contributed by atoms with Crippen LogP contribution in [0.25, 0.3) is 0 Å². The number of hydrogen-bond acceptors (Lipinski definition) is 5. The summed E-state index contributed by atoms with van der Waals surface area (Å²) in [6.07, 6.45) is 0.0822. The molecule has 0 N–H and O–H groups in total. The Bertz CT molecular complexity index is 701. The molecule has 2 aromatic rings. The van der Waals surface area contributed by atoms with Gasteiger partial charge in [0.15, 0.2) is 6.29 Å². The van der Waals surface area contributed by atoms with E-state index in [-0.39, 0.29) is 12.1 Å². The van der Waals surface area contributed by atoms with Gasteiger partial charge in [-0.1, -0.05) is 54.6 Å². The summed E-state index contributed by atoms with van der Waals surface area (Å²) in [5.74, 6) is -0.275. The van der Waals surface area contributed by atoms with Crippen LogP contribution < -0.4 is 0 Å². The summed E-state index contributed by atoms with van der Waals surface area (Å²) in [7, 11) is 0. The van der Waals surface area contributed by atoms with E-state index < -0.39 is 6.29 Å². The first kappa shape index (κ1) is 18.6. The average Bonchev–Trinajstić information content (AvgIpc) is 3.00. The lowest BCUT2D eigenvalue weighted by atomic mass is 10.1. The molecule has 26 heavy (non-hydrogen) atoms. The van der Waals surface area contributed by atoms with Crippen LogP contribution in [0.1, 0.15) is 42.4 Å². The van der Waals surface area contributed by atoms with Crippen LogP contribution in [0.2, 0.25) is 0 Å². The third-order valence-corrected chi connectivity index (χ3v) is 4.13. The van der Waals surface area contributed by atoms with Gasteiger partial charge in [0.1, 0.15) is 6.10 Å². The van der Waals surface area contributed by atoms with E-state index in [0.717, 1.165) is 16.7 Å². The van der Waals surface area contributed by atoms with Crippen molar-refractivity contribution in [2.75, 3.05) is 19.8 Å². The molecule has 0 saturated carbocycles. The molecule has 0 spiro atoms. The fourth-order valence-electron chi connectivity index (χ4n) is 2.90. The molecule has 0 amide bonds. The van der Waals surface area contributed by atoms with E-state index in [4.69, 9.17) is 18.9 Å². The van der Waals surface area contributed by atoms with E-state index in [1.807, 2.05) is 54.6 Å². The van der Waals surface area contributed by atoms with Gasteiger partial charge in [-0.15, -0.1) is 0 Å². The second kappa shape index (κ2) is 9.48. The van der Waals surface area contributed by atoms with Crippen LogP contribution in [0.15, 0.2) is 54.6 Å². The average molecular weight is 356 g/mol. The number of hydrogen-bond donors (Lipinski definition) is 0. The molecule has 5 nitrogen and oxygen atoms in total. The van der Waals surface area contributed by atoms with Crippen LogP contribution in [0, 0.1) is 0 Å². The number of ether oxygens (including phenoxy) is 4. The number of esters is 1. The van der Waals surface area contributed by atoms with Crippen LogP contribution in [0.3, 0.4) is 0 Å². The Morgan fingerprint density at radius 1 is 1.00 bits per heavy atom. The fraction of sp³-hybridized carbons (Fsp3) is 0.381. The molecule has 0 bridgehead atoms. The van der Waals surface area contributed by atoms with Gasteiger partial charge in [-0.25, -0.2) is 0 Å². The normalized spacial score (nSPS) is 18.5. The molecule has 0 aromatic heterocycles. The molecular weight excluding hydrogens is 332 g/mol. The number of carbonyl (C=O) groups is 1. The molecule has 1 heterocycles. The minimum absolute atomic E-state index is 0.145. The highest BCUT2D eigenvalue weighted by Crippen LogP contribution is 2.39. The summed E-state index contributed by atoms with van der Waals surface area (Å²) in [5, 5.41) is 0. The molecule has 1 aliphatic rings. The Hall–Kier alpha value is -2.21. The van der Waals surface area contributed by atoms with Gasteiger partial charge in [0, 0.05) is 18.9 Å². The molecule has 3 rings (SSSR count). The lowest BCUT2D eigenvalue weighted by molar-refractivity contribution is -0.174. The number of benzene rings is 2. The van der Waals surface area contributed by atoms with Crippen LogP contribution in [0.4, 0.5) is 0 Å². The Morgan fingerprint density at radius 3 is 2.50 bits per heavy atom. The molecule has 1 aliphatic heterocycles. The Balaban J connectivity index is 1.49. The van der Waals surface area contributed by atoms with Gasteiger partial charge in [0.25, 0.3) is 0 Å². The van der Waals surface area contributed by atoms with Gasteiger partial charge in [0.05, 0.1) is 26.4 Å². The number of carbonyl (C=O) groups excluding carboxylic acids is 1. The van der Waals surface area contributed by atoms with E-state index >= 15 is 0 Å². The zero-order valence-electron chi connectivity index (χ0n) is 14.9. The van der Waals surface area contributed by atoms with Gasteiger partial charge in [-0.05, 0) is 11.1 Å². The molecule has 0 aliphatic carbocycles. The smallest absolute Gasteiger partial charge is 0.302 e. The molecule has 0 fully saturated rings. The monoisotopic (exact) mass is 356 g/mol. The summed E-state index contributed by atoms with van der Waals surface area (Å²) < 4.78 is 22.6. The van der Waals surface area contributed by atoms with Crippen LogP contribution in [-0.4, -0.2) is 25.8 Å². The Labute approximate surface area is 153 Å². The van der Waals surface area contributed by atoms with Gasteiger partial charge in [-0.2, -0.15) is 0 Å². The predicted octanol–water partition coefficient (Wildman–Crippen LogP) is 3.94. The van der Waals surface area contributed by atoms with Crippen LogP contribution >= 0.6 is 0 Å². The molecule has 2 atom stereocenters. The van der Waals surface area contributed by atoms with Crippen molar-refractivity contribution in [3.8, 4) is 0 Å². The summed E-state index contributed by atoms with van der Waals surface area (Å²) in [6.45, 7) is 3.24. The van der Waals surface area contributed by atoms with Crippen LogP contribution in [-0.2, 0) is 30.3 Å². The summed E-state index contributed by atoms with van der Waals surface area (Å²) >= 11 is 0. The number of rotatable bonds is 9. The zero-order valence-corrected chi connectivity index (χ0v) is 14.9. The highest BCUT2D eigenvalue weighted by atomic mass is 16.7. The van der Waals surface area contributed by atoms with Crippen molar-refractivity contribution in [1.29, 1.82) is 0 Å². The fourth-order valence-corrected chi connectivity index (χ4v) is 2.90. The molecule has 138 valence electrons. The second-order valence-electron chi connectivity index (χ2n) is 6.15. The van der Waals surface area contributed by atoms with Crippen molar-refractivity contribution in [3.63, 3.8) is 0 Å². The molecule has 0 radical (unpaired) electrons. The van der Waals surface area contributed by atoms with E-state index in [0.29, 0.717) is 32.8 Å². The Morgan fingerprint density at radius 2 is 1.73 bits per heavy atom. The van der Waals surface area contributed by atoms with Crippen molar-refractivity contribution < 1.29 is 23.7 Å². The maximum absolute atomic E-state index is 10.8. The van der Waals surface area contributed by atoms with Crippen molar-refractivity contribution in [1.82, 2.24) is 0 Å². The van der Waals surface area contributed by atoms with Gasteiger partial charge < -0.3 is 18.9 Å². The van der Waals surface area contributed by atoms with Gasteiger partial charge in [-0.3, -0.25) is 4.79 Å². The molecule has 2 aromatic carbocycles. The van der Waals surface area contributed by atoms with Crippen molar-refractivity contribution in [2.24, 2.45) is 0 Å². The first-order chi connectivity index (χ1) is 12.7. The largest absolute Gasteiger partial charge is 0.466 e. The first-order valence-electron chi connectivity index (χ1n) is 8.85. The maximum Gasteiger partial charge on any atom is 0.302 e. The lowest BCUT2D eigenvalue weighted by Crippen LogP contribution is -2.10. The van der Waals surface area contributed by atoms with Crippen molar-refractivity contribution >= 4 is 5.97 Å². The summed E-state index contributed by atoms with van der Waals surface area (Å²) in [5.41, 5.74) is 3.27. The highest BCUT2D eigenvalue weighted by molar-refractivity contribution is 5.65. The molecule has 0 saturated heterocycles. The van der Waals surface area contributed by atoms with Crippen molar-refractivity contribution in [2.45, 2.75) is 32.3 Å². The SMILES string of the molecule is CC(=O)OCCCO[C@H]1O[C@@H](COCc2ccccc2)c2ccccc21. The standard InChI is InChI=1S/C21H24O5/c1-16(22)24-12-7-13-25-21-19-11-6-5-10-18(19)20(26-21)15-23-14-17-8-3-2-4-9-17/h2-6,8-11,20-21H,7,12-15H2,1H3/t20-,21-/m0/s1. The lowest BCUT2D eigenvalue weighted by Gasteiger charge is -2.15. The van der Waals surface area contributed by atoms with Gasteiger partial charge in [0.2, 0.25) is 0 Å². The molecule has 0 unspecified atom stereocenters. The maximum atomic E-state index is 10.8. The first-order valence-corrected chi connectivity index (χ1v) is 8.85. The van der Waals surface area contributed by atoms with E-state index in [9.17, 15) is 4.79 Å². The summed E-state index contributed by atoms with van der Waals surface area (Å²) in [4.78, 5) is 10.8. The minimum Gasteiger partial charge on any atom is -0.466 e. The highest BCUT2D eigenvalue weighted by Gasteiger charge is 2.32. The van der Waals surface area contributed by atoms with E-state index in [1.54, 1.807) is 0 Å². The van der Waals surface area contributed by atoms with Crippen molar-refractivity contribution in [3.05, 3.63) is 71.3 Å². The Kier molecular flexibility index (Phi) is 6.77. The van der Waals surface area contributed by atoms with E-state index in [1.165, 1.54) is 6.92 Å². The second-order valence-corrected chi connectivity index (χ2v) is 6.15. The van der Waals surface area contributed by atoms with Gasteiger partial charge >= 0.3 is 5.97 Å². The number of fused-ring (bicyclic) bond motifs is 1. The quantitative estimate of drug-likeness (QED) is 0.503. The topological polar surface area (TPSA) is 54.0 Å². The van der Waals surface area contributed by atoms with Crippen LogP contribution in [0.5, 0.6) is 0 Å². The molecule has 5 heteroatoms. The third kappa shape index (κ3) is 5.14. The molecular formula is C21H24O5. The predicted molar refractivity (Wildman–Crippen MR) is 96.3 cm³/mol. The minimum atomic E-state index is -0.408. The third-order valence-electron chi connectivity index (χ3n) is 4.13. The summed E-state index contributed by atoms with van der Waals surface area (Å²) in [6, 6.07) is 18.1.